The highest BCUT2D eigenvalue weighted by Crippen LogP contribution is 2.26. The molecule has 3 aromatic carbocycles. The van der Waals surface area contributed by atoms with Gasteiger partial charge in [-0.15, -0.1) is 0 Å². The summed E-state index contributed by atoms with van der Waals surface area (Å²) in [6.45, 7) is 0. The van der Waals surface area contributed by atoms with Crippen LogP contribution in [0.2, 0.25) is 0 Å². The molecule has 1 heterocycles. The summed E-state index contributed by atoms with van der Waals surface area (Å²) in [6, 6.07) is 23.5. The molecule has 0 aliphatic rings. The van der Waals surface area contributed by atoms with Gasteiger partial charge in [0, 0.05) is 18.3 Å². The van der Waals surface area contributed by atoms with E-state index >= 15 is 0 Å². The molecule has 0 aliphatic heterocycles. The molecule has 4 aromatic rings. The number of nitrogens with zero attached hydrogens (tertiary/aromatic N) is 2. The Kier molecular flexibility index (Phi) is 5.69. The topological polar surface area (TPSA) is 80.9 Å². The van der Waals surface area contributed by atoms with Gasteiger partial charge in [0.05, 0.1) is 37.4 Å². The van der Waals surface area contributed by atoms with E-state index in [0.717, 1.165) is 11.1 Å². The Labute approximate surface area is 180 Å². The van der Waals surface area contributed by atoms with Gasteiger partial charge in [-0.25, -0.2) is 0 Å². The number of non-ortho nitro benzene ring substituents is 1. The van der Waals surface area contributed by atoms with Gasteiger partial charge in [0.15, 0.2) is 4.77 Å². The SMILES string of the molecule is O=[N+]([O-])c1ccc2[nH]c(=S)n(C=C(c3ccccc3)S(=O)Cc3ccccc3)c2c1. The van der Waals surface area contributed by atoms with Crippen LogP contribution in [0.5, 0.6) is 0 Å². The van der Waals surface area contributed by atoms with E-state index in [0.29, 0.717) is 26.5 Å². The molecular formula is C22H17N3O3S2. The van der Waals surface area contributed by atoms with Crippen molar-refractivity contribution in [2.75, 3.05) is 0 Å². The fourth-order valence-corrected chi connectivity index (χ4v) is 4.67. The number of hydrogen-bond acceptors (Lipinski definition) is 4. The predicted molar refractivity (Wildman–Crippen MR) is 123 cm³/mol. The number of aromatic amines is 1. The van der Waals surface area contributed by atoms with Crippen LogP contribution in [0.25, 0.3) is 22.1 Å². The van der Waals surface area contributed by atoms with Crippen LogP contribution in [0, 0.1) is 14.9 Å². The number of aromatic nitrogens is 2. The van der Waals surface area contributed by atoms with Crippen LogP contribution in [0.1, 0.15) is 11.1 Å². The molecule has 30 heavy (non-hydrogen) atoms. The highest BCUT2D eigenvalue weighted by molar-refractivity contribution is 7.94. The number of fused-ring (bicyclic) bond motifs is 1. The predicted octanol–water partition coefficient (Wildman–Crippen LogP) is 5.51. The van der Waals surface area contributed by atoms with Crippen LogP contribution in [0.3, 0.4) is 0 Å². The first-order valence-electron chi connectivity index (χ1n) is 9.11. The second-order valence-electron chi connectivity index (χ2n) is 6.59. The molecule has 4 rings (SSSR count). The van der Waals surface area contributed by atoms with Crippen molar-refractivity contribution < 1.29 is 9.13 Å². The average molecular weight is 436 g/mol. The van der Waals surface area contributed by atoms with E-state index in [1.54, 1.807) is 16.8 Å². The molecule has 1 unspecified atom stereocenters. The highest BCUT2D eigenvalue weighted by Gasteiger charge is 2.15. The third-order valence-electron chi connectivity index (χ3n) is 4.60. The van der Waals surface area contributed by atoms with Gasteiger partial charge in [0.25, 0.3) is 5.69 Å². The lowest BCUT2D eigenvalue weighted by Gasteiger charge is -2.09. The van der Waals surface area contributed by atoms with Crippen LogP contribution in [0.4, 0.5) is 5.69 Å². The normalized spacial score (nSPS) is 12.7. The van der Waals surface area contributed by atoms with E-state index in [2.05, 4.69) is 4.98 Å². The van der Waals surface area contributed by atoms with Gasteiger partial charge in [0.1, 0.15) is 0 Å². The number of benzene rings is 3. The molecule has 0 bridgehead atoms. The Bertz CT molecular complexity index is 1330. The minimum Gasteiger partial charge on any atom is -0.330 e. The highest BCUT2D eigenvalue weighted by atomic mass is 32.2. The fraction of sp³-hybridized carbons (Fsp3) is 0.0455. The second-order valence-corrected chi connectivity index (χ2v) is 8.40. The molecule has 0 amide bonds. The summed E-state index contributed by atoms with van der Waals surface area (Å²) < 4.78 is 15.4. The van der Waals surface area contributed by atoms with Crippen molar-refractivity contribution in [1.82, 2.24) is 9.55 Å². The van der Waals surface area contributed by atoms with E-state index in [1.807, 2.05) is 60.7 Å². The maximum absolute atomic E-state index is 13.3. The molecule has 6 nitrogen and oxygen atoms in total. The summed E-state index contributed by atoms with van der Waals surface area (Å²) in [7, 11) is -1.36. The Morgan fingerprint density at radius 3 is 2.40 bits per heavy atom. The van der Waals surface area contributed by atoms with Crippen molar-refractivity contribution in [3.05, 3.63) is 105 Å². The fourth-order valence-electron chi connectivity index (χ4n) is 3.14. The Morgan fingerprint density at radius 1 is 1.07 bits per heavy atom. The van der Waals surface area contributed by atoms with Crippen molar-refractivity contribution in [3.8, 4) is 0 Å². The summed E-state index contributed by atoms with van der Waals surface area (Å²) in [5.41, 5.74) is 2.94. The Balaban J connectivity index is 1.86. The van der Waals surface area contributed by atoms with Gasteiger partial charge in [-0.1, -0.05) is 60.7 Å². The third kappa shape index (κ3) is 4.14. The van der Waals surface area contributed by atoms with E-state index in [-0.39, 0.29) is 5.69 Å². The van der Waals surface area contributed by atoms with Crippen molar-refractivity contribution in [3.63, 3.8) is 0 Å². The van der Waals surface area contributed by atoms with Crippen molar-refractivity contribution in [2.45, 2.75) is 5.75 Å². The van der Waals surface area contributed by atoms with Gasteiger partial charge in [-0.05, 0) is 29.4 Å². The van der Waals surface area contributed by atoms with Crippen LogP contribution >= 0.6 is 12.2 Å². The van der Waals surface area contributed by atoms with Crippen LogP contribution in [-0.4, -0.2) is 18.7 Å². The summed E-state index contributed by atoms with van der Waals surface area (Å²) >= 11 is 5.44. The molecule has 0 saturated heterocycles. The summed E-state index contributed by atoms with van der Waals surface area (Å²) in [5, 5.41) is 11.2. The zero-order valence-electron chi connectivity index (χ0n) is 15.7. The van der Waals surface area contributed by atoms with Crippen LogP contribution in [0.15, 0.2) is 78.9 Å². The standard InChI is InChI=1S/C22H17N3O3S2/c26-25(27)18-11-12-19-20(13-18)24(22(29)23-19)14-21(17-9-5-2-6-10-17)30(28)15-16-7-3-1-4-8-16/h1-14H,15H2,(H,23,29). The maximum atomic E-state index is 13.3. The molecule has 1 aromatic heterocycles. The summed E-state index contributed by atoms with van der Waals surface area (Å²) in [4.78, 5) is 14.4. The van der Waals surface area contributed by atoms with E-state index in [9.17, 15) is 14.3 Å². The molecular weight excluding hydrogens is 418 g/mol. The maximum Gasteiger partial charge on any atom is 0.271 e. The van der Waals surface area contributed by atoms with Crippen molar-refractivity contribution in [1.29, 1.82) is 0 Å². The van der Waals surface area contributed by atoms with Crippen LogP contribution < -0.4 is 0 Å². The minimum atomic E-state index is -1.36. The lowest BCUT2D eigenvalue weighted by molar-refractivity contribution is -0.384. The average Bonchev–Trinajstić information content (AvgIpc) is 3.07. The van der Waals surface area contributed by atoms with Crippen molar-refractivity contribution >= 4 is 50.8 Å². The van der Waals surface area contributed by atoms with Gasteiger partial charge >= 0.3 is 0 Å². The number of nitro benzene ring substituents is 1. The second kappa shape index (κ2) is 8.56. The molecule has 150 valence electrons. The number of nitrogens with one attached hydrogen (secondary N) is 1. The van der Waals surface area contributed by atoms with E-state index < -0.39 is 15.7 Å². The molecule has 0 spiro atoms. The van der Waals surface area contributed by atoms with E-state index in [4.69, 9.17) is 12.2 Å². The van der Waals surface area contributed by atoms with Crippen LogP contribution in [-0.2, 0) is 16.6 Å². The summed E-state index contributed by atoms with van der Waals surface area (Å²) in [5.74, 6) is 0.345. The van der Waals surface area contributed by atoms with Gasteiger partial charge in [0.2, 0.25) is 0 Å². The lowest BCUT2D eigenvalue weighted by Crippen LogP contribution is -2.01. The molecule has 0 fully saturated rings. The Morgan fingerprint density at radius 2 is 1.73 bits per heavy atom. The first-order chi connectivity index (χ1) is 14.5. The quantitative estimate of drug-likeness (QED) is 0.246. The monoisotopic (exact) mass is 435 g/mol. The molecule has 0 saturated carbocycles. The lowest BCUT2D eigenvalue weighted by atomic mass is 10.2. The van der Waals surface area contributed by atoms with Gasteiger partial charge in [-0.2, -0.15) is 0 Å². The molecule has 8 heteroatoms. The van der Waals surface area contributed by atoms with E-state index in [1.165, 1.54) is 12.1 Å². The van der Waals surface area contributed by atoms with Gasteiger partial charge < -0.3 is 4.98 Å². The first kappa shape index (κ1) is 19.9. The Hall–Kier alpha value is -3.36. The molecule has 1 N–H and O–H groups in total. The third-order valence-corrected chi connectivity index (χ3v) is 6.33. The van der Waals surface area contributed by atoms with Crippen molar-refractivity contribution in [2.24, 2.45) is 0 Å². The number of H-pyrrole nitrogens is 1. The molecule has 1 atom stereocenters. The summed E-state index contributed by atoms with van der Waals surface area (Å²) in [6.07, 6.45) is 1.71. The molecule has 0 aliphatic carbocycles. The minimum absolute atomic E-state index is 0.0367. The zero-order chi connectivity index (χ0) is 21.1. The zero-order valence-corrected chi connectivity index (χ0v) is 17.4. The largest absolute Gasteiger partial charge is 0.330 e. The number of nitro groups is 1. The molecule has 0 radical (unpaired) electrons. The number of rotatable bonds is 6. The van der Waals surface area contributed by atoms with Gasteiger partial charge in [-0.3, -0.25) is 18.9 Å². The number of hydrogen-bond donors (Lipinski definition) is 1. The first-order valence-corrected chi connectivity index (χ1v) is 10.8. The number of imidazole rings is 1. The smallest absolute Gasteiger partial charge is 0.271 e.